The van der Waals surface area contributed by atoms with Crippen molar-refractivity contribution in [1.29, 1.82) is 0 Å². The minimum Gasteiger partial charge on any atom is -0.507 e. The van der Waals surface area contributed by atoms with Crippen molar-refractivity contribution in [2.24, 2.45) is 0 Å². The smallest absolute Gasteiger partial charge is 0.408 e. The summed E-state index contributed by atoms with van der Waals surface area (Å²) in [5, 5.41) is 22.0. The van der Waals surface area contributed by atoms with Crippen LogP contribution in [0, 0.1) is 0 Å². The molecular weight excluding hydrogens is 277 g/mol. The van der Waals surface area contributed by atoms with Crippen LogP contribution < -0.4 is 0 Å². The van der Waals surface area contributed by atoms with Crippen molar-refractivity contribution < 1.29 is 28.2 Å². The van der Waals surface area contributed by atoms with Gasteiger partial charge in [-0.25, -0.2) is 4.79 Å². The molecule has 8 heteroatoms. The Labute approximate surface area is 110 Å². The number of carbonyl (C=O) groups is 1. The first-order valence-electron chi connectivity index (χ1n) is 5.42. The number of halogens is 3. The topological polar surface area (TPSA) is 75.3 Å². The summed E-state index contributed by atoms with van der Waals surface area (Å²) in [4.78, 5) is 10.7. The Morgan fingerprint density at radius 1 is 1.35 bits per heavy atom. The van der Waals surface area contributed by atoms with E-state index >= 15 is 0 Å². The summed E-state index contributed by atoms with van der Waals surface area (Å²) in [5.41, 5.74) is 0.362. The summed E-state index contributed by atoms with van der Waals surface area (Å²) in [6.45, 7) is -1.24. The van der Waals surface area contributed by atoms with Crippen LogP contribution in [-0.4, -0.2) is 32.1 Å². The van der Waals surface area contributed by atoms with Crippen LogP contribution in [-0.2, 0) is 6.54 Å². The Hall–Kier alpha value is -2.51. The lowest BCUT2D eigenvalue weighted by Crippen LogP contribution is -2.17. The van der Waals surface area contributed by atoms with Gasteiger partial charge in [0.05, 0.1) is 11.8 Å². The third-order valence-corrected chi connectivity index (χ3v) is 2.53. The molecule has 0 saturated carbocycles. The van der Waals surface area contributed by atoms with Gasteiger partial charge in [-0.2, -0.15) is 18.3 Å². The number of aromatic hydroxyl groups is 1. The standard InChI is InChI=1S/C12H9F3N2O3/c13-12(14,15)6-17-5-8(4-16-17)9-2-1-7(11(19)20)3-10(9)18/h1-5,18H,6H2,(H,19,20). The van der Waals surface area contributed by atoms with Gasteiger partial charge in [-0.15, -0.1) is 0 Å². The second-order valence-electron chi connectivity index (χ2n) is 4.08. The molecule has 0 atom stereocenters. The van der Waals surface area contributed by atoms with E-state index in [0.29, 0.717) is 4.68 Å². The maximum absolute atomic E-state index is 12.2. The highest BCUT2D eigenvalue weighted by Crippen LogP contribution is 2.30. The van der Waals surface area contributed by atoms with Crippen LogP contribution in [0.4, 0.5) is 13.2 Å². The fourth-order valence-corrected chi connectivity index (χ4v) is 1.68. The zero-order valence-electron chi connectivity index (χ0n) is 9.92. The number of alkyl halides is 3. The van der Waals surface area contributed by atoms with Gasteiger partial charge in [0.2, 0.25) is 0 Å². The number of rotatable bonds is 3. The predicted octanol–water partition coefficient (Wildman–Crippen LogP) is 2.52. The molecule has 0 saturated heterocycles. The molecule has 1 aromatic carbocycles. The summed E-state index contributed by atoms with van der Waals surface area (Å²) in [6, 6.07) is 3.59. The van der Waals surface area contributed by atoms with Gasteiger partial charge in [0, 0.05) is 17.3 Å². The summed E-state index contributed by atoms with van der Waals surface area (Å²) < 4.78 is 37.3. The third-order valence-electron chi connectivity index (χ3n) is 2.53. The van der Waals surface area contributed by atoms with Crippen molar-refractivity contribution in [3.63, 3.8) is 0 Å². The van der Waals surface area contributed by atoms with Crippen molar-refractivity contribution in [1.82, 2.24) is 9.78 Å². The van der Waals surface area contributed by atoms with E-state index < -0.39 is 18.7 Å². The van der Waals surface area contributed by atoms with E-state index in [1.165, 1.54) is 18.3 Å². The van der Waals surface area contributed by atoms with E-state index in [0.717, 1.165) is 12.3 Å². The first kappa shape index (κ1) is 13.9. The molecule has 1 heterocycles. The number of carboxylic acids is 1. The summed E-state index contributed by atoms with van der Waals surface area (Å²) in [6.07, 6.45) is -2.09. The molecule has 106 valence electrons. The molecule has 5 nitrogen and oxygen atoms in total. The van der Waals surface area contributed by atoms with Crippen LogP contribution in [0.1, 0.15) is 10.4 Å². The number of phenolic OH excluding ortho intramolecular Hbond substituents is 1. The highest BCUT2D eigenvalue weighted by atomic mass is 19.4. The second kappa shape index (κ2) is 4.87. The van der Waals surface area contributed by atoms with Crippen molar-refractivity contribution in [2.45, 2.75) is 12.7 Å². The van der Waals surface area contributed by atoms with Crippen LogP contribution in [0.25, 0.3) is 11.1 Å². The summed E-state index contributed by atoms with van der Waals surface area (Å²) in [7, 11) is 0. The van der Waals surface area contributed by atoms with Crippen molar-refractivity contribution in [3.05, 3.63) is 36.2 Å². The Bertz CT molecular complexity index is 650. The quantitative estimate of drug-likeness (QED) is 0.909. The minimum absolute atomic E-state index is 0.117. The van der Waals surface area contributed by atoms with E-state index in [9.17, 15) is 23.1 Å². The normalized spacial score (nSPS) is 11.6. The predicted molar refractivity (Wildman–Crippen MR) is 62.3 cm³/mol. The van der Waals surface area contributed by atoms with Crippen molar-refractivity contribution in [3.8, 4) is 16.9 Å². The van der Waals surface area contributed by atoms with Crippen LogP contribution in [0.2, 0.25) is 0 Å². The Morgan fingerprint density at radius 2 is 2.05 bits per heavy atom. The number of aromatic nitrogens is 2. The molecule has 2 aromatic rings. The molecule has 0 fully saturated rings. The van der Waals surface area contributed by atoms with E-state index in [-0.39, 0.29) is 22.4 Å². The van der Waals surface area contributed by atoms with Gasteiger partial charge in [-0.3, -0.25) is 4.68 Å². The lowest BCUT2D eigenvalue weighted by Gasteiger charge is -2.05. The second-order valence-corrected chi connectivity index (χ2v) is 4.08. The van der Waals surface area contributed by atoms with Gasteiger partial charge in [0.25, 0.3) is 0 Å². The molecule has 0 bridgehead atoms. The zero-order chi connectivity index (χ0) is 14.9. The lowest BCUT2D eigenvalue weighted by molar-refractivity contribution is -0.142. The number of aromatic carboxylic acids is 1. The highest BCUT2D eigenvalue weighted by Gasteiger charge is 2.28. The van der Waals surface area contributed by atoms with Crippen LogP contribution in [0.5, 0.6) is 5.75 Å². The largest absolute Gasteiger partial charge is 0.507 e. The number of nitrogens with zero attached hydrogens (tertiary/aromatic N) is 2. The first-order chi connectivity index (χ1) is 9.26. The monoisotopic (exact) mass is 286 g/mol. The van der Waals surface area contributed by atoms with Crippen LogP contribution in [0.15, 0.2) is 30.6 Å². The van der Waals surface area contributed by atoms with Gasteiger partial charge >= 0.3 is 12.1 Å². The average Bonchev–Trinajstić information content (AvgIpc) is 2.74. The average molecular weight is 286 g/mol. The molecule has 0 unspecified atom stereocenters. The molecule has 0 aliphatic carbocycles. The van der Waals surface area contributed by atoms with Crippen LogP contribution in [0.3, 0.4) is 0 Å². The fraction of sp³-hybridized carbons (Fsp3) is 0.167. The van der Waals surface area contributed by atoms with E-state index in [1.807, 2.05) is 0 Å². The Morgan fingerprint density at radius 3 is 2.60 bits per heavy atom. The molecule has 2 N–H and O–H groups in total. The third kappa shape index (κ3) is 3.08. The van der Waals surface area contributed by atoms with E-state index in [4.69, 9.17) is 5.11 Å². The van der Waals surface area contributed by atoms with Crippen molar-refractivity contribution >= 4 is 5.97 Å². The Kier molecular flexibility index (Phi) is 3.39. The number of phenols is 1. The first-order valence-corrected chi connectivity index (χ1v) is 5.42. The number of carboxylic acid groups (broad SMARTS) is 1. The molecule has 0 aliphatic rings. The van der Waals surface area contributed by atoms with Gasteiger partial charge < -0.3 is 10.2 Å². The van der Waals surface area contributed by atoms with Gasteiger partial charge in [0.15, 0.2) is 0 Å². The Balaban J connectivity index is 2.31. The molecular formula is C12H9F3N2O3. The molecule has 20 heavy (non-hydrogen) atoms. The highest BCUT2D eigenvalue weighted by molar-refractivity contribution is 5.89. The van der Waals surface area contributed by atoms with Crippen LogP contribution >= 0.6 is 0 Å². The molecule has 0 aliphatic heterocycles. The van der Waals surface area contributed by atoms with Gasteiger partial charge in [-0.05, 0) is 18.2 Å². The molecule has 0 amide bonds. The molecule has 2 rings (SSSR count). The van der Waals surface area contributed by atoms with Crippen molar-refractivity contribution in [2.75, 3.05) is 0 Å². The zero-order valence-corrected chi connectivity index (χ0v) is 9.92. The number of hydrogen-bond donors (Lipinski definition) is 2. The maximum Gasteiger partial charge on any atom is 0.408 e. The van der Waals surface area contributed by atoms with E-state index in [2.05, 4.69) is 5.10 Å². The molecule has 0 spiro atoms. The van der Waals surface area contributed by atoms with Gasteiger partial charge in [0.1, 0.15) is 12.3 Å². The van der Waals surface area contributed by atoms with E-state index in [1.54, 1.807) is 0 Å². The minimum atomic E-state index is -4.39. The SMILES string of the molecule is O=C(O)c1ccc(-c2cnn(CC(F)(F)F)c2)c(O)c1. The van der Waals surface area contributed by atoms with Gasteiger partial charge in [-0.1, -0.05) is 0 Å². The lowest BCUT2D eigenvalue weighted by atomic mass is 10.1. The maximum atomic E-state index is 12.2. The fourth-order valence-electron chi connectivity index (χ4n) is 1.68. The molecule has 1 aromatic heterocycles. The summed E-state index contributed by atoms with van der Waals surface area (Å²) in [5.74, 6) is -1.55. The molecule has 0 radical (unpaired) electrons. The number of benzene rings is 1. The summed E-state index contributed by atoms with van der Waals surface area (Å²) >= 11 is 0. The number of hydrogen-bond acceptors (Lipinski definition) is 3.